The van der Waals surface area contributed by atoms with Crippen LogP contribution in [0, 0.1) is 0 Å². The topological polar surface area (TPSA) is 20.2 Å². The molecular weight excluding hydrogens is 484 g/mol. The first-order valence-corrected chi connectivity index (χ1v) is 13.5. The Bertz CT molecular complexity index is 1850. The number of rotatable bonds is 6. The van der Waals surface area contributed by atoms with Crippen LogP contribution in [-0.2, 0) is 0 Å². The Balaban J connectivity index is 1.46. The molecule has 40 heavy (non-hydrogen) atoms. The van der Waals surface area contributed by atoms with E-state index in [1.165, 1.54) is 54.9 Å². The second-order valence-electron chi connectivity index (χ2n) is 10.0. The van der Waals surface area contributed by atoms with Crippen LogP contribution in [0.5, 0.6) is 5.75 Å². The molecule has 0 unspecified atom stereocenters. The van der Waals surface area contributed by atoms with E-state index in [-0.39, 0.29) is 5.75 Å². The standard InChI is InChI=1S/C39H30O/c1-27(32-17-10-11-22-37(32)40)13-12-14-28(2)38-33-18-6-8-20-35(33)39(36-21-9-7-19-34(36)38)31-25-23-30(24-26-31)29-15-4-3-5-16-29/h3-26,40H,1H2,2H3/b13-12-,28-14+. The van der Waals surface area contributed by atoms with Crippen molar-refractivity contribution >= 4 is 32.7 Å². The number of phenolic OH excluding ortho intramolecular Hbond substituents is 1. The highest BCUT2D eigenvalue weighted by molar-refractivity contribution is 6.18. The second-order valence-corrected chi connectivity index (χ2v) is 10.0. The Labute approximate surface area is 235 Å². The van der Waals surface area contributed by atoms with Gasteiger partial charge < -0.3 is 5.11 Å². The number of allylic oxidation sites excluding steroid dienone is 5. The lowest BCUT2D eigenvalue weighted by atomic mass is 9.86. The van der Waals surface area contributed by atoms with Gasteiger partial charge in [-0.15, -0.1) is 0 Å². The Morgan fingerprint density at radius 2 is 1.07 bits per heavy atom. The molecule has 0 saturated heterocycles. The summed E-state index contributed by atoms with van der Waals surface area (Å²) >= 11 is 0. The average molecular weight is 515 g/mol. The van der Waals surface area contributed by atoms with Gasteiger partial charge in [0.05, 0.1) is 0 Å². The highest BCUT2D eigenvalue weighted by Gasteiger charge is 2.16. The lowest BCUT2D eigenvalue weighted by molar-refractivity contribution is 0.474. The van der Waals surface area contributed by atoms with Crippen LogP contribution in [0.3, 0.4) is 0 Å². The van der Waals surface area contributed by atoms with Crippen molar-refractivity contribution in [3.05, 3.63) is 163 Å². The van der Waals surface area contributed by atoms with Crippen molar-refractivity contribution in [1.29, 1.82) is 0 Å². The molecule has 6 aromatic carbocycles. The molecule has 192 valence electrons. The number of para-hydroxylation sites is 1. The maximum absolute atomic E-state index is 10.2. The molecule has 0 fully saturated rings. The van der Waals surface area contributed by atoms with Gasteiger partial charge in [-0.3, -0.25) is 0 Å². The van der Waals surface area contributed by atoms with Crippen molar-refractivity contribution in [2.45, 2.75) is 6.92 Å². The Hall–Kier alpha value is -5.14. The van der Waals surface area contributed by atoms with Gasteiger partial charge in [0.2, 0.25) is 0 Å². The van der Waals surface area contributed by atoms with E-state index < -0.39 is 0 Å². The molecule has 0 aliphatic carbocycles. The van der Waals surface area contributed by atoms with E-state index in [1.54, 1.807) is 6.07 Å². The summed E-state index contributed by atoms with van der Waals surface area (Å²) < 4.78 is 0. The van der Waals surface area contributed by atoms with Gasteiger partial charge in [0.25, 0.3) is 0 Å². The fourth-order valence-electron chi connectivity index (χ4n) is 5.55. The number of aromatic hydroxyl groups is 1. The van der Waals surface area contributed by atoms with Gasteiger partial charge in [-0.25, -0.2) is 0 Å². The van der Waals surface area contributed by atoms with E-state index in [9.17, 15) is 5.11 Å². The van der Waals surface area contributed by atoms with Crippen molar-refractivity contribution in [3.63, 3.8) is 0 Å². The monoisotopic (exact) mass is 514 g/mol. The Morgan fingerprint density at radius 3 is 1.70 bits per heavy atom. The minimum absolute atomic E-state index is 0.238. The van der Waals surface area contributed by atoms with Crippen LogP contribution < -0.4 is 0 Å². The number of benzene rings is 6. The minimum Gasteiger partial charge on any atom is -0.507 e. The van der Waals surface area contributed by atoms with Gasteiger partial charge in [0, 0.05) is 5.56 Å². The van der Waals surface area contributed by atoms with Crippen LogP contribution in [0.2, 0.25) is 0 Å². The van der Waals surface area contributed by atoms with Crippen LogP contribution in [0.25, 0.3) is 54.9 Å². The second kappa shape index (κ2) is 10.9. The van der Waals surface area contributed by atoms with Gasteiger partial charge in [-0.05, 0) is 73.5 Å². The SMILES string of the molecule is C=C(/C=C\C=C(/C)c1c2ccccc2c(-c2ccc(-c3ccccc3)cc2)c2ccccc12)c1ccccc1O. The molecule has 1 heteroatoms. The molecule has 0 amide bonds. The van der Waals surface area contributed by atoms with E-state index >= 15 is 0 Å². The van der Waals surface area contributed by atoms with Gasteiger partial charge in [-0.2, -0.15) is 0 Å². The molecule has 0 aliphatic heterocycles. The Kier molecular flexibility index (Phi) is 6.87. The molecule has 1 N–H and O–H groups in total. The minimum atomic E-state index is 0.238. The van der Waals surface area contributed by atoms with Gasteiger partial charge >= 0.3 is 0 Å². The fraction of sp³-hybridized carbons (Fsp3) is 0.0256. The Morgan fingerprint density at radius 1 is 0.575 bits per heavy atom. The molecule has 6 rings (SSSR count). The van der Waals surface area contributed by atoms with E-state index in [4.69, 9.17) is 0 Å². The fourth-order valence-corrected chi connectivity index (χ4v) is 5.55. The lowest BCUT2D eigenvalue weighted by Gasteiger charge is -2.18. The largest absolute Gasteiger partial charge is 0.507 e. The first kappa shape index (κ1) is 25.2. The third-order valence-electron chi connectivity index (χ3n) is 7.50. The first-order chi connectivity index (χ1) is 19.6. The summed E-state index contributed by atoms with van der Waals surface area (Å²) in [6, 6.07) is 44.1. The third kappa shape index (κ3) is 4.74. The summed E-state index contributed by atoms with van der Waals surface area (Å²) in [5.41, 5.74) is 8.80. The molecular formula is C39H30O. The molecule has 1 nitrogen and oxygen atoms in total. The number of fused-ring (bicyclic) bond motifs is 2. The van der Waals surface area contributed by atoms with Crippen molar-refractivity contribution < 1.29 is 5.11 Å². The van der Waals surface area contributed by atoms with Crippen LogP contribution in [-0.4, -0.2) is 5.11 Å². The predicted molar refractivity (Wildman–Crippen MR) is 172 cm³/mol. The predicted octanol–water partition coefficient (Wildman–Crippen LogP) is 10.7. The average Bonchev–Trinajstić information content (AvgIpc) is 3.00. The van der Waals surface area contributed by atoms with E-state index in [1.807, 2.05) is 36.4 Å². The smallest absolute Gasteiger partial charge is 0.123 e. The summed E-state index contributed by atoms with van der Waals surface area (Å²) in [4.78, 5) is 0. The molecule has 0 spiro atoms. The molecule has 0 radical (unpaired) electrons. The zero-order valence-corrected chi connectivity index (χ0v) is 22.5. The number of phenols is 1. The van der Waals surface area contributed by atoms with Crippen molar-refractivity contribution in [2.24, 2.45) is 0 Å². The van der Waals surface area contributed by atoms with Crippen molar-refractivity contribution in [1.82, 2.24) is 0 Å². The van der Waals surface area contributed by atoms with Crippen LogP contribution in [0.1, 0.15) is 18.1 Å². The summed E-state index contributed by atoms with van der Waals surface area (Å²) in [6.45, 7) is 6.31. The number of hydrogen-bond acceptors (Lipinski definition) is 1. The zero-order valence-electron chi connectivity index (χ0n) is 22.5. The van der Waals surface area contributed by atoms with Gasteiger partial charge in [-0.1, -0.05) is 146 Å². The molecule has 0 aliphatic rings. The quantitative estimate of drug-likeness (QED) is 0.173. The van der Waals surface area contributed by atoms with Gasteiger partial charge in [0.1, 0.15) is 5.75 Å². The molecule has 0 aromatic heterocycles. The van der Waals surface area contributed by atoms with Crippen LogP contribution in [0.15, 0.2) is 152 Å². The highest BCUT2D eigenvalue weighted by Crippen LogP contribution is 2.42. The zero-order chi connectivity index (χ0) is 27.5. The number of hydrogen-bond donors (Lipinski definition) is 1. The van der Waals surface area contributed by atoms with Crippen LogP contribution >= 0.6 is 0 Å². The lowest BCUT2D eigenvalue weighted by Crippen LogP contribution is -1.92. The molecule has 0 atom stereocenters. The maximum Gasteiger partial charge on any atom is 0.123 e. The summed E-state index contributed by atoms with van der Waals surface area (Å²) in [5, 5.41) is 15.1. The van der Waals surface area contributed by atoms with Crippen LogP contribution in [0.4, 0.5) is 0 Å². The summed E-state index contributed by atoms with van der Waals surface area (Å²) in [5.74, 6) is 0.238. The molecule has 0 bridgehead atoms. The first-order valence-electron chi connectivity index (χ1n) is 13.5. The summed E-state index contributed by atoms with van der Waals surface area (Å²) in [6.07, 6.45) is 6.10. The van der Waals surface area contributed by atoms with E-state index in [0.29, 0.717) is 0 Å². The molecule has 0 heterocycles. The summed E-state index contributed by atoms with van der Waals surface area (Å²) in [7, 11) is 0. The van der Waals surface area contributed by atoms with Crippen molar-refractivity contribution in [3.8, 4) is 28.0 Å². The van der Waals surface area contributed by atoms with Gasteiger partial charge in [0.15, 0.2) is 0 Å². The third-order valence-corrected chi connectivity index (χ3v) is 7.50. The molecule has 0 saturated carbocycles. The maximum atomic E-state index is 10.2. The van der Waals surface area contributed by atoms with E-state index in [2.05, 4.69) is 117 Å². The van der Waals surface area contributed by atoms with Crippen molar-refractivity contribution in [2.75, 3.05) is 0 Å². The normalized spacial score (nSPS) is 11.9. The molecule has 6 aromatic rings. The highest BCUT2D eigenvalue weighted by atomic mass is 16.3. The van der Waals surface area contributed by atoms with E-state index in [0.717, 1.165) is 11.1 Å².